The zero-order valence-corrected chi connectivity index (χ0v) is 16.9. The normalized spacial score (nSPS) is 31.6. The highest BCUT2D eigenvalue weighted by Crippen LogP contribution is 2.61. The van der Waals surface area contributed by atoms with E-state index in [1.54, 1.807) is 7.11 Å². The van der Waals surface area contributed by atoms with Gasteiger partial charge in [0.1, 0.15) is 12.2 Å². The molecule has 148 valence electrons. The largest absolute Gasteiger partial charge is 0.493 e. The topological polar surface area (TPSA) is 48.0 Å². The first-order chi connectivity index (χ1) is 13.0. The molecule has 1 aromatic rings. The number of esters is 1. The Morgan fingerprint density at radius 3 is 2.96 bits per heavy atom. The summed E-state index contributed by atoms with van der Waals surface area (Å²) in [5, 5.41) is 0. The molecule has 0 bridgehead atoms. The number of methoxy groups -OCH3 is 1. The first kappa shape index (κ1) is 18.6. The fraction of sp³-hybridized carbons (Fsp3) is 0.682. The van der Waals surface area contributed by atoms with Crippen LogP contribution in [-0.4, -0.2) is 43.8 Å². The maximum atomic E-state index is 12.3. The second-order valence-corrected chi connectivity index (χ2v) is 8.42. The standard InChI is InChI=1S/C22H31NO4/c1-5-6-7-19(24)26-17-12-18-22(14(17)2)10-11-23(3)13-15-8-9-16(25-4)21(27-18)20(15)22/h8-9,14,17-18H,5-7,10-13H2,1-4H3/t14?,17-,18+,22-/m1/s1. The van der Waals surface area contributed by atoms with Gasteiger partial charge in [-0.25, -0.2) is 0 Å². The van der Waals surface area contributed by atoms with Crippen molar-refractivity contribution in [2.45, 2.75) is 70.1 Å². The van der Waals surface area contributed by atoms with Crippen LogP contribution < -0.4 is 9.47 Å². The third kappa shape index (κ3) is 2.82. The molecule has 1 spiro atoms. The minimum Gasteiger partial charge on any atom is -0.493 e. The van der Waals surface area contributed by atoms with Crippen LogP contribution in [0.2, 0.25) is 0 Å². The van der Waals surface area contributed by atoms with Gasteiger partial charge < -0.3 is 19.1 Å². The summed E-state index contributed by atoms with van der Waals surface area (Å²) in [4.78, 5) is 14.6. The lowest BCUT2D eigenvalue weighted by atomic mass is 9.69. The third-order valence-electron chi connectivity index (χ3n) is 6.91. The highest BCUT2D eigenvalue weighted by Gasteiger charge is 2.62. The number of hydrogen-bond acceptors (Lipinski definition) is 5. The number of carbonyl (C=O) groups excluding carboxylic acids is 1. The summed E-state index contributed by atoms with van der Waals surface area (Å²) in [5.41, 5.74) is 2.52. The van der Waals surface area contributed by atoms with Gasteiger partial charge in [-0.1, -0.05) is 26.3 Å². The van der Waals surface area contributed by atoms with Gasteiger partial charge >= 0.3 is 5.97 Å². The molecule has 1 fully saturated rings. The number of hydrogen-bond donors (Lipinski definition) is 0. The van der Waals surface area contributed by atoms with E-state index in [0.29, 0.717) is 6.42 Å². The zero-order chi connectivity index (χ0) is 19.2. The van der Waals surface area contributed by atoms with Gasteiger partial charge in [-0.15, -0.1) is 0 Å². The van der Waals surface area contributed by atoms with E-state index in [9.17, 15) is 4.79 Å². The summed E-state index contributed by atoms with van der Waals surface area (Å²) in [6.45, 7) is 6.26. The van der Waals surface area contributed by atoms with E-state index in [2.05, 4.69) is 31.9 Å². The number of ether oxygens (including phenoxy) is 3. The second kappa shape index (κ2) is 7.01. The molecule has 0 amide bonds. The summed E-state index contributed by atoms with van der Waals surface area (Å²) in [7, 11) is 3.87. The Hall–Kier alpha value is -1.75. The Bertz CT molecular complexity index is 733. The molecule has 3 aliphatic rings. The van der Waals surface area contributed by atoms with Crippen molar-refractivity contribution in [1.82, 2.24) is 4.90 Å². The average molecular weight is 373 g/mol. The number of carbonyl (C=O) groups is 1. The maximum absolute atomic E-state index is 12.3. The summed E-state index contributed by atoms with van der Waals surface area (Å²) in [6, 6.07) is 4.20. The molecule has 1 aliphatic carbocycles. The Kier molecular flexibility index (Phi) is 4.83. The highest BCUT2D eigenvalue weighted by molar-refractivity contribution is 5.69. The van der Waals surface area contributed by atoms with Gasteiger partial charge in [-0.2, -0.15) is 0 Å². The molecular weight excluding hydrogens is 342 g/mol. The van der Waals surface area contributed by atoms with Crippen LogP contribution in [-0.2, 0) is 21.5 Å². The summed E-state index contributed by atoms with van der Waals surface area (Å²) in [6.07, 6.45) is 4.17. The number of unbranched alkanes of at least 4 members (excludes halogenated alkanes) is 1. The van der Waals surface area contributed by atoms with Crippen LogP contribution in [0.1, 0.15) is 57.1 Å². The minimum atomic E-state index is -0.0975. The molecule has 0 aromatic heterocycles. The van der Waals surface area contributed by atoms with E-state index < -0.39 is 0 Å². The van der Waals surface area contributed by atoms with Crippen molar-refractivity contribution in [2.24, 2.45) is 5.92 Å². The molecule has 5 heteroatoms. The Morgan fingerprint density at radius 1 is 1.41 bits per heavy atom. The van der Waals surface area contributed by atoms with E-state index in [0.717, 1.165) is 50.3 Å². The Morgan fingerprint density at radius 2 is 2.22 bits per heavy atom. The van der Waals surface area contributed by atoms with Crippen molar-refractivity contribution in [3.63, 3.8) is 0 Å². The van der Waals surface area contributed by atoms with E-state index in [1.807, 2.05) is 6.07 Å². The van der Waals surface area contributed by atoms with Gasteiger partial charge in [-0.3, -0.25) is 4.79 Å². The maximum Gasteiger partial charge on any atom is 0.306 e. The Labute approximate surface area is 162 Å². The predicted molar refractivity (Wildman–Crippen MR) is 103 cm³/mol. The monoisotopic (exact) mass is 373 g/mol. The molecule has 4 atom stereocenters. The Balaban J connectivity index is 1.70. The fourth-order valence-corrected chi connectivity index (χ4v) is 5.42. The molecule has 2 heterocycles. The lowest BCUT2D eigenvalue weighted by Crippen LogP contribution is -2.40. The first-order valence-corrected chi connectivity index (χ1v) is 10.3. The number of nitrogens with zero attached hydrogens (tertiary/aromatic N) is 1. The van der Waals surface area contributed by atoms with E-state index in [4.69, 9.17) is 14.2 Å². The van der Waals surface area contributed by atoms with Crippen LogP contribution in [0.5, 0.6) is 11.5 Å². The molecular formula is C22H31NO4. The van der Waals surface area contributed by atoms with Gasteiger partial charge in [0.05, 0.1) is 7.11 Å². The van der Waals surface area contributed by atoms with Crippen molar-refractivity contribution in [2.75, 3.05) is 20.7 Å². The molecule has 0 radical (unpaired) electrons. The van der Waals surface area contributed by atoms with E-state index in [1.165, 1.54) is 11.1 Å². The van der Waals surface area contributed by atoms with Crippen LogP contribution in [0.15, 0.2) is 12.1 Å². The van der Waals surface area contributed by atoms with Crippen molar-refractivity contribution in [3.8, 4) is 11.5 Å². The molecule has 5 nitrogen and oxygen atoms in total. The van der Waals surface area contributed by atoms with Gasteiger partial charge in [0.15, 0.2) is 11.5 Å². The summed E-state index contributed by atoms with van der Waals surface area (Å²) >= 11 is 0. The highest BCUT2D eigenvalue weighted by atomic mass is 16.6. The van der Waals surface area contributed by atoms with Crippen molar-refractivity contribution in [1.29, 1.82) is 0 Å². The van der Waals surface area contributed by atoms with Crippen LogP contribution >= 0.6 is 0 Å². The molecule has 1 aromatic carbocycles. The fourth-order valence-electron chi connectivity index (χ4n) is 5.42. The van der Waals surface area contributed by atoms with Gasteiger partial charge in [-0.05, 0) is 38.1 Å². The molecule has 27 heavy (non-hydrogen) atoms. The van der Waals surface area contributed by atoms with Gasteiger partial charge in [0.25, 0.3) is 0 Å². The average Bonchev–Trinajstić information content (AvgIpc) is 3.04. The molecule has 1 unspecified atom stereocenters. The number of benzene rings is 1. The van der Waals surface area contributed by atoms with Crippen molar-refractivity contribution >= 4 is 5.97 Å². The van der Waals surface area contributed by atoms with Gasteiger partial charge in [0.2, 0.25) is 0 Å². The van der Waals surface area contributed by atoms with E-state index >= 15 is 0 Å². The van der Waals surface area contributed by atoms with E-state index in [-0.39, 0.29) is 29.5 Å². The van der Waals surface area contributed by atoms with Gasteiger partial charge in [0, 0.05) is 36.3 Å². The third-order valence-corrected chi connectivity index (χ3v) is 6.91. The molecule has 0 N–H and O–H groups in total. The zero-order valence-electron chi connectivity index (χ0n) is 16.9. The smallest absolute Gasteiger partial charge is 0.306 e. The quantitative estimate of drug-likeness (QED) is 0.737. The summed E-state index contributed by atoms with van der Waals surface area (Å²) < 4.78 is 18.0. The molecule has 0 saturated heterocycles. The van der Waals surface area contributed by atoms with Crippen molar-refractivity contribution < 1.29 is 19.0 Å². The first-order valence-electron chi connectivity index (χ1n) is 10.3. The van der Waals surface area contributed by atoms with Crippen LogP contribution in [0.3, 0.4) is 0 Å². The second-order valence-electron chi connectivity index (χ2n) is 8.42. The lowest BCUT2D eigenvalue weighted by Gasteiger charge is -2.34. The molecule has 1 saturated carbocycles. The molecule has 4 rings (SSSR count). The summed E-state index contributed by atoms with van der Waals surface area (Å²) in [5.74, 6) is 1.89. The number of rotatable bonds is 5. The SMILES string of the molecule is CCCCC(=O)O[C@@H]1C[C@@H]2Oc3c(OC)ccc4c3[C@]2(CCN(C)C4)C1C. The predicted octanol–water partition coefficient (Wildman–Crippen LogP) is 3.67. The molecule has 2 aliphatic heterocycles. The van der Waals surface area contributed by atoms with Crippen LogP contribution in [0.4, 0.5) is 0 Å². The lowest BCUT2D eigenvalue weighted by molar-refractivity contribution is -0.151. The van der Waals surface area contributed by atoms with Crippen LogP contribution in [0.25, 0.3) is 0 Å². The van der Waals surface area contributed by atoms with Crippen LogP contribution in [0, 0.1) is 5.92 Å². The minimum absolute atomic E-state index is 0.0491. The van der Waals surface area contributed by atoms with Crippen molar-refractivity contribution in [3.05, 3.63) is 23.3 Å².